The summed E-state index contributed by atoms with van der Waals surface area (Å²) >= 11 is 9.48. The second kappa shape index (κ2) is 5.93. The van der Waals surface area contributed by atoms with Gasteiger partial charge in [-0.15, -0.1) is 0 Å². The highest BCUT2D eigenvalue weighted by Gasteiger charge is 2.21. The molecule has 1 aromatic rings. The number of ether oxygens (including phenoxy) is 2. The lowest BCUT2D eigenvalue weighted by molar-refractivity contribution is 0.0990. The minimum Gasteiger partial charge on any atom is -0.490 e. The molecule has 18 heavy (non-hydrogen) atoms. The number of fused-ring (bicyclic) bond motifs is 1. The minimum absolute atomic E-state index is 0.0295. The Balaban J connectivity index is 2.37. The fourth-order valence-electron chi connectivity index (χ4n) is 1.73. The smallest absolute Gasteiger partial charge is 0.178 e. The summed E-state index contributed by atoms with van der Waals surface area (Å²) in [5.41, 5.74) is 0.477. The van der Waals surface area contributed by atoms with E-state index in [1.54, 1.807) is 12.1 Å². The first-order valence-corrected chi connectivity index (χ1v) is 7.20. The van der Waals surface area contributed by atoms with Crippen molar-refractivity contribution >= 4 is 33.3 Å². The molecule has 0 radical (unpaired) electrons. The first-order chi connectivity index (χ1) is 8.63. The van der Waals surface area contributed by atoms with Gasteiger partial charge in [0.05, 0.1) is 23.1 Å². The van der Waals surface area contributed by atoms with Crippen molar-refractivity contribution in [3.8, 4) is 11.5 Å². The highest BCUT2D eigenvalue weighted by Crippen LogP contribution is 2.36. The summed E-state index contributed by atoms with van der Waals surface area (Å²) in [5.74, 6) is 1.17. The molecule has 0 N–H and O–H groups in total. The first-order valence-electron chi connectivity index (χ1n) is 5.91. The number of hydrogen-bond acceptors (Lipinski definition) is 3. The van der Waals surface area contributed by atoms with Crippen LogP contribution in [0.25, 0.3) is 0 Å². The van der Waals surface area contributed by atoms with Gasteiger partial charge in [0.2, 0.25) is 0 Å². The van der Waals surface area contributed by atoms with Crippen LogP contribution in [0.5, 0.6) is 11.5 Å². The quantitative estimate of drug-likeness (QED) is 0.622. The van der Waals surface area contributed by atoms with E-state index in [-0.39, 0.29) is 10.6 Å². The highest BCUT2D eigenvalue weighted by atomic mass is 79.9. The summed E-state index contributed by atoms with van der Waals surface area (Å²) in [4.78, 5) is 11.9. The normalized spacial score (nSPS) is 15.9. The average Bonchev–Trinajstić information content (AvgIpc) is 2.60. The van der Waals surface area contributed by atoms with Crippen molar-refractivity contribution in [3.63, 3.8) is 0 Å². The Hall–Kier alpha value is -0.740. The number of benzene rings is 1. The molecule has 0 saturated carbocycles. The molecule has 1 heterocycles. The molecule has 0 spiro atoms. The predicted molar refractivity (Wildman–Crippen MR) is 74.4 cm³/mol. The van der Waals surface area contributed by atoms with E-state index in [1.165, 1.54) is 0 Å². The third-order valence-electron chi connectivity index (χ3n) is 2.75. The molecule has 1 aliphatic heterocycles. The van der Waals surface area contributed by atoms with Gasteiger partial charge in [-0.2, -0.15) is 0 Å². The maximum atomic E-state index is 12.1. The van der Waals surface area contributed by atoms with Crippen molar-refractivity contribution < 1.29 is 14.3 Å². The van der Waals surface area contributed by atoms with Crippen LogP contribution >= 0.6 is 27.5 Å². The Morgan fingerprint density at radius 3 is 2.61 bits per heavy atom. The van der Waals surface area contributed by atoms with Crippen LogP contribution < -0.4 is 9.47 Å². The number of rotatable bonds is 3. The molecule has 2 rings (SSSR count). The summed E-state index contributed by atoms with van der Waals surface area (Å²) in [6, 6.07) is 3.33. The lowest BCUT2D eigenvalue weighted by Crippen LogP contribution is -2.13. The summed E-state index contributed by atoms with van der Waals surface area (Å²) in [5, 5.41) is 0.405. The van der Waals surface area contributed by atoms with Crippen LogP contribution in [0.2, 0.25) is 5.02 Å². The molecule has 1 aromatic carbocycles. The highest BCUT2D eigenvalue weighted by molar-refractivity contribution is 9.10. The van der Waals surface area contributed by atoms with Crippen LogP contribution in [-0.4, -0.2) is 23.8 Å². The maximum absolute atomic E-state index is 12.1. The number of ketones is 1. The van der Waals surface area contributed by atoms with Gasteiger partial charge >= 0.3 is 0 Å². The van der Waals surface area contributed by atoms with Crippen molar-refractivity contribution in [2.24, 2.45) is 0 Å². The maximum Gasteiger partial charge on any atom is 0.178 e. The lowest BCUT2D eigenvalue weighted by atomic mass is 10.1. The average molecular weight is 334 g/mol. The Labute approximate surface area is 120 Å². The van der Waals surface area contributed by atoms with Crippen LogP contribution in [0.4, 0.5) is 0 Å². The van der Waals surface area contributed by atoms with Gasteiger partial charge in [0.25, 0.3) is 0 Å². The molecule has 0 aromatic heterocycles. The van der Waals surface area contributed by atoms with E-state index < -0.39 is 0 Å². The molecule has 1 unspecified atom stereocenters. The number of alkyl halides is 1. The third-order valence-corrected chi connectivity index (χ3v) is 4.12. The van der Waals surface area contributed by atoms with Crippen molar-refractivity contribution in [1.29, 1.82) is 0 Å². The van der Waals surface area contributed by atoms with E-state index in [9.17, 15) is 4.79 Å². The van der Waals surface area contributed by atoms with Gasteiger partial charge in [0.1, 0.15) is 0 Å². The van der Waals surface area contributed by atoms with E-state index in [0.29, 0.717) is 41.7 Å². The third kappa shape index (κ3) is 2.81. The fourth-order valence-corrected chi connectivity index (χ4v) is 2.22. The zero-order chi connectivity index (χ0) is 13.1. The van der Waals surface area contributed by atoms with Crippen molar-refractivity contribution in [3.05, 3.63) is 22.7 Å². The zero-order valence-corrected chi connectivity index (χ0v) is 12.4. The van der Waals surface area contributed by atoms with Crippen LogP contribution in [0, 0.1) is 0 Å². The number of Topliss-reactive ketones (excluding diaryl/α,β-unsaturated/α-hetero) is 1. The molecule has 0 fully saturated rings. The number of carbonyl (C=O) groups is 1. The largest absolute Gasteiger partial charge is 0.490 e. The van der Waals surface area contributed by atoms with E-state index >= 15 is 0 Å². The SMILES string of the molecule is CCC(Br)C(=O)c1cc2c(cc1Cl)OCCCO2. The lowest BCUT2D eigenvalue weighted by Gasteiger charge is -2.12. The van der Waals surface area contributed by atoms with Gasteiger partial charge in [-0.1, -0.05) is 34.5 Å². The molecule has 0 saturated heterocycles. The van der Waals surface area contributed by atoms with Crippen LogP contribution in [0.1, 0.15) is 30.1 Å². The Morgan fingerprint density at radius 2 is 2.00 bits per heavy atom. The molecule has 1 aliphatic rings. The topological polar surface area (TPSA) is 35.5 Å². The molecule has 3 nitrogen and oxygen atoms in total. The summed E-state index contributed by atoms with van der Waals surface area (Å²) < 4.78 is 11.1. The Morgan fingerprint density at radius 1 is 1.39 bits per heavy atom. The van der Waals surface area contributed by atoms with Crippen LogP contribution in [0.3, 0.4) is 0 Å². The summed E-state index contributed by atoms with van der Waals surface area (Å²) in [6.07, 6.45) is 1.54. The van der Waals surface area contributed by atoms with Gasteiger partial charge in [-0.3, -0.25) is 4.79 Å². The number of carbonyl (C=O) groups excluding carboxylic acids is 1. The molecule has 98 valence electrons. The van der Waals surface area contributed by atoms with Gasteiger partial charge in [0, 0.05) is 18.1 Å². The first kappa shape index (κ1) is 13.7. The summed E-state index contributed by atoms with van der Waals surface area (Å²) in [7, 11) is 0. The molecular formula is C13H14BrClO3. The van der Waals surface area contributed by atoms with E-state index in [2.05, 4.69) is 15.9 Å². The van der Waals surface area contributed by atoms with Gasteiger partial charge in [0.15, 0.2) is 17.3 Å². The predicted octanol–water partition coefficient (Wildman–Crippen LogP) is 3.86. The Bertz CT molecular complexity index is 462. The molecule has 1 atom stereocenters. The second-order valence-electron chi connectivity index (χ2n) is 4.07. The van der Waals surface area contributed by atoms with E-state index in [4.69, 9.17) is 21.1 Å². The Kier molecular flexibility index (Phi) is 4.51. The summed E-state index contributed by atoms with van der Waals surface area (Å²) in [6.45, 7) is 3.13. The van der Waals surface area contributed by atoms with Crippen molar-refractivity contribution in [2.75, 3.05) is 13.2 Å². The van der Waals surface area contributed by atoms with Gasteiger partial charge < -0.3 is 9.47 Å². The van der Waals surface area contributed by atoms with Crippen LogP contribution in [0.15, 0.2) is 12.1 Å². The van der Waals surface area contributed by atoms with E-state index in [1.807, 2.05) is 6.92 Å². The minimum atomic E-state index is -0.222. The zero-order valence-electron chi connectivity index (χ0n) is 10.0. The van der Waals surface area contributed by atoms with Crippen molar-refractivity contribution in [2.45, 2.75) is 24.6 Å². The second-order valence-corrected chi connectivity index (χ2v) is 5.58. The van der Waals surface area contributed by atoms with Gasteiger partial charge in [-0.25, -0.2) is 0 Å². The molecule has 0 aliphatic carbocycles. The molecule has 0 bridgehead atoms. The van der Waals surface area contributed by atoms with Crippen molar-refractivity contribution in [1.82, 2.24) is 0 Å². The fraction of sp³-hybridized carbons (Fsp3) is 0.462. The monoisotopic (exact) mass is 332 g/mol. The van der Waals surface area contributed by atoms with Crippen LogP contribution in [-0.2, 0) is 0 Å². The van der Waals surface area contributed by atoms with E-state index in [0.717, 1.165) is 6.42 Å². The molecule has 0 amide bonds. The molecular weight excluding hydrogens is 319 g/mol. The standard InChI is InChI=1S/C13H14BrClO3/c1-2-9(14)13(16)8-6-11-12(7-10(8)15)18-5-3-4-17-11/h6-7,9H,2-5H2,1H3. The number of halogens is 2. The number of hydrogen-bond donors (Lipinski definition) is 0. The van der Waals surface area contributed by atoms with Gasteiger partial charge in [-0.05, 0) is 12.5 Å². The molecule has 5 heteroatoms.